The Kier molecular flexibility index (Phi) is 6.68. The Morgan fingerprint density at radius 3 is 2.77 bits per heavy atom. The zero-order valence-corrected chi connectivity index (χ0v) is 16.5. The molecule has 2 aromatic carbocycles. The Hall–Kier alpha value is -1.86. The van der Waals surface area contributed by atoms with Gasteiger partial charge in [0.2, 0.25) is 0 Å². The first kappa shape index (κ1) is 18.9. The molecule has 0 aliphatic carbocycles. The van der Waals surface area contributed by atoms with Gasteiger partial charge in [-0.2, -0.15) is 5.10 Å². The second-order valence-electron chi connectivity index (χ2n) is 5.12. The zero-order chi connectivity index (χ0) is 18.4. The summed E-state index contributed by atoms with van der Waals surface area (Å²) in [6, 6.07) is 15.0. The van der Waals surface area contributed by atoms with Crippen LogP contribution in [0.4, 0.5) is 0 Å². The highest BCUT2D eigenvalue weighted by Crippen LogP contribution is 2.28. The number of halogens is 2. The number of aromatic nitrogens is 1. The fraction of sp³-hybridized carbons (Fsp3) is 0.0556. The van der Waals surface area contributed by atoms with Crippen molar-refractivity contribution in [1.29, 1.82) is 0 Å². The lowest BCUT2D eigenvalue weighted by Gasteiger charge is -1.99. The number of thioether (sulfide) groups is 1. The van der Waals surface area contributed by atoms with E-state index < -0.39 is 0 Å². The molecule has 8 heteroatoms. The van der Waals surface area contributed by atoms with E-state index in [0.717, 1.165) is 21.2 Å². The van der Waals surface area contributed by atoms with Crippen molar-refractivity contribution in [2.45, 2.75) is 4.34 Å². The minimum absolute atomic E-state index is 0.206. The molecule has 4 nitrogen and oxygen atoms in total. The van der Waals surface area contributed by atoms with E-state index >= 15 is 0 Å². The fourth-order valence-electron chi connectivity index (χ4n) is 2.00. The SMILES string of the molecule is O=C(CSc1nc(-c2ccccc2)cs1)N/N=C/c1ccc(Cl)c(Cl)c1. The Balaban J connectivity index is 1.49. The van der Waals surface area contributed by atoms with Crippen molar-refractivity contribution in [3.63, 3.8) is 0 Å². The highest BCUT2D eigenvalue weighted by molar-refractivity contribution is 8.01. The van der Waals surface area contributed by atoms with Gasteiger partial charge in [-0.3, -0.25) is 4.79 Å². The van der Waals surface area contributed by atoms with Crippen molar-refractivity contribution in [2.24, 2.45) is 5.10 Å². The second-order valence-corrected chi connectivity index (χ2v) is 8.02. The molecule has 1 heterocycles. The van der Waals surface area contributed by atoms with E-state index in [1.54, 1.807) is 18.2 Å². The highest BCUT2D eigenvalue weighted by Gasteiger charge is 2.07. The van der Waals surface area contributed by atoms with Crippen LogP contribution in [0.5, 0.6) is 0 Å². The highest BCUT2D eigenvalue weighted by atomic mass is 35.5. The third kappa shape index (κ3) is 5.32. The topological polar surface area (TPSA) is 54.4 Å². The zero-order valence-electron chi connectivity index (χ0n) is 13.4. The molecular weight excluding hydrogens is 409 g/mol. The van der Waals surface area contributed by atoms with Crippen LogP contribution in [0.3, 0.4) is 0 Å². The van der Waals surface area contributed by atoms with Gasteiger partial charge in [-0.1, -0.05) is 71.4 Å². The van der Waals surface area contributed by atoms with E-state index in [0.29, 0.717) is 10.0 Å². The molecule has 0 unspecified atom stereocenters. The van der Waals surface area contributed by atoms with Crippen molar-refractivity contribution < 1.29 is 4.79 Å². The van der Waals surface area contributed by atoms with Crippen molar-refractivity contribution >= 4 is 58.4 Å². The van der Waals surface area contributed by atoms with E-state index in [-0.39, 0.29) is 11.7 Å². The van der Waals surface area contributed by atoms with Crippen LogP contribution in [0.1, 0.15) is 5.56 Å². The second kappa shape index (κ2) is 9.19. The van der Waals surface area contributed by atoms with Gasteiger partial charge in [0.05, 0.1) is 27.7 Å². The van der Waals surface area contributed by atoms with Gasteiger partial charge < -0.3 is 0 Å². The summed E-state index contributed by atoms with van der Waals surface area (Å²) in [5.74, 6) is 0.0308. The normalized spacial score (nSPS) is 11.0. The van der Waals surface area contributed by atoms with Crippen LogP contribution in [-0.2, 0) is 4.79 Å². The maximum Gasteiger partial charge on any atom is 0.250 e. The molecule has 0 fully saturated rings. The summed E-state index contributed by atoms with van der Waals surface area (Å²) < 4.78 is 0.840. The van der Waals surface area contributed by atoms with Crippen LogP contribution < -0.4 is 5.43 Å². The average Bonchev–Trinajstić information content (AvgIpc) is 3.13. The van der Waals surface area contributed by atoms with Crippen molar-refractivity contribution in [3.05, 3.63) is 69.5 Å². The summed E-state index contributed by atoms with van der Waals surface area (Å²) in [6.07, 6.45) is 1.52. The van der Waals surface area contributed by atoms with Gasteiger partial charge in [-0.15, -0.1) is 11.3 Å². The Labute approximate surface area is 169 Å². The predicted molar refractivity (Wildman–Crippen MR) is 110 cm³/mol. The first-order valence-electron chi connectivity index (χ1n) is 7.52. The molecule has 26 heavy (non-hydrogen) atoms. The maximum absolute atomic E-state index is 11.9. The maximum atomic E-state index is 11.9. The van der Waals surface area contributed by atoms with Crippen LogP contribution in [0.25, 0.3) is 11.3 Å². The number of nitrogens with zero attached hydrogens (tertiary/aromatic N) is 2. The Morgan fingerprint density at radius 1 is 1.19 bits per heavy atom. The van der Waals surface area contributed by atoms with Gasteiger partial charge in [-0.05, 0) is 17.7 Å². The lowest BCUT2D eigenvalue weighted by molar-refractivity contribution is -0.118. The molecule has 0 aliphatic rings. The smallest absolute Gasteiger partial charge is 0.250 e. The number of rotatable bonds is 6. The molecule has 0 radical (unpaired) electrons. The molecule has 3 aromatic rings. The van der Waals surface area contributed by atoms with Gasteiger partial charge in [0, 0.05) is 10.9 Å². The van der Waals surface area contributed by atoms with Gasteiger partial charge in [-0.25, -0.2) is 10.4 Å². The van der Waals surface area contributed by atoms with Crippen LogP contribution in [0, 0.1) is 0 Å². The number of hydrogen-bond acceptors (Lipinski definition) is 5. The minimum atomic E-state index is -0.206. The molecule has 0 spiro atoms. The van der Waals surface area contributed by atoms with E-state index in [1.807, 2.05) is 35.7 Å². The third-order valence-electron chi connectivity index (χ3n) is 3.23. The number of nitrogens with one attached hydrogen (secondary N) is 1. The summed E-state index contributed by atoms with van der Waals surface area (Å²) in [5.41, 5.74) is 5.21. The molecule has 1 amide bonds. The van der Waals surface area contributed by atoms with Crippen molar-refractivity contribution in [2.75, 3.05) is 5.75 Å². The molecule has 1 N–H and O–H groups in total. The molecular formula is C18H13Cl2N3OS2. The van der Waals surface area contributed by atoms with E-state index in [2.05, 4.69) is 15.5 Å². The number of thiazole rings is 1. The summed E-state index contributed by atoms with van der Waals surface area (Å²) in [5, 5.41) is 6.82. The third-order valence-corrected chi connectivity index (χ3v) is 5.99. The van der Waals surface area contributed by atoms with E-state index in [1.165, 1.54) is 29.3 Å². The minimum Gasteiger partial charge on any atom is -0.272 e. The lowest BCUT2D eigenvalue weighted by atomic mass is 10.2. The molecule has 132 valence electrons. The van der Waals surface area contributed by atoms with Crippen LogP contribution >= 0.6 is 46.3 Å². The quantitative estimate of drug-likeness (QED) is 0.331. The number of benzene rings is 2. The van der Waals surface area contributed by atoms with E-state index in [4.69, 9.17) is 23.2 Å². The largest absolute Gasteiger partial charge is 0.272 e. The van der Waals surface area contributed by atoms with Crippen LogP contribution in [0.2, 0.25) is 10.0 Å². The number of hydrazone groups is 1. The number of carbonyl (C=O) groups excluding carboxylic acids is 1. The van der Waals surface area contributed by atoms with Crippen molar-refractivity contribution in [3.8, 4) is 11.3 Å². The first-order valence-corrected chi connectivity index (χ1v) is 10.1. The number of carbonyl (C=O) groups is 1. The van der Waals surface area contributed by atoms with Gasteiger partial charge in [0.25, 0.3) is 5.91 Å². The summed E-state index contributed by atoms with van der Waals surface area (Å²) >= 11 is 14.7. The van der Waals surface area contributed by atoms with Gasteiger partial charge in [0.15, 0.2) is 4.34 Å². The van der Waals surface area contributed by atoms with E-state index in [9.17, 15) is 4.79 Å². The standard InChI is InChI=1S/C18H13Cl2N3OS2/c19-14-7-6-12(8-15(14)20)9-21-23-17(24)11-26-18-22-16(10-25-18)13-4-2-1-3-5-13/h1-10H,11H2,(H,23,24)/b21-9+. The first-order chi connectivity index (χ1) is 12.6. The van der Waals surface area contributed by atoms with Gasteiger partial charge in [0.1, 0.15) is 0 Å². The van der Waals surface area contributed by atoms with Crippen LogP contribution in [-0.4, -0.2) is 22.9 Å². The average molecular weight is 422 g/mol. The Morgan fingerprint density at radius 2 is 2.00 bits per heavy atom. The van der Waals surface area contributed by atoms with Crippen molar-refractivity contribution in [1.82, 2.24) is 10.4 Å². The molecule has 0 atom stereocenters. The molecule has 0 saturated carbocycles. The number of hydrogen-bond donors (Lipinski definition) is 1. The number of amides is 1. The Bertz CT molecular complexity index is 929. The summed E-state index contributed by atoms with van der Waals surface area (Å²) in [7, 11) is 0. The monoisotopic (exact) mass is 421 g/mol. The molecule has 0 saturated heterocycles. The van der Waals surface area contributed by atoms with Gasteiger partial charge >= 0.3 is 0 Å². The lowest BCUT2D eigenvalue weighted by Crippen LogP contribution is -2.19. The predicted octanol–water partition coefficient (Wildman–Crippen LogP) is 5.36. The molecule has 3 rings (SSSR count). The molecule has 1 aromatic heterocycles. The van der Waals surface area contributed by atoms with Crippen LogP contribution in [0.15, 0.2) is 63.4 Å². The molecule has 0 aliphatic heterocycles. The molecule has 0 bridgehead atoms. The summed E-state index contributed by atoms with van der Waals surface area (Å²) in [6.45, 7) is 0. The fourth-order valence-corrected chi connectivity index (χ4v) is 3.93. The summed E-state index contributed by atoms with van der Waals surface area (Å²) in [4.78, 5) is 16.4.